The fourth-order valence-corrected chi connectivity index (χ4v) is 4.46. The first-order chi connectivity index (χ1) is 8.25. The Morgan fingerprint density at radius 2 is 1.53 bits per heavy atom. The average molecular weight is 380 g/mol. The van der Waals surface area contributed by atoms with Gasteiger partial charge < -0.3 is 33.2 Å². The maximum Gasteiger partial charge on any atom is 0.0909 e. The van der Waals surface area contributed by atoms with Gasteiger partial charge in [0, 0.05) is 30.5 Å². The molecule has 4 heteroatoms. The molecule has 3 fully saturated rings. The fraction of sp³-hybridized carbons (Fsp3) is 1.00. The largest absolute Gasteiger partial charge is 1.00 e. The third kappa shape index (κ3) is 2.36. The lowest BCUT2D eigenvalue weighted by atomic mass is 9.60. The minimum atomic E-state index is 0. The van der Waals surface area contributed by atoms with Gasteiger partial charge in [-0.05, 0) is 12.8 Å². The standard InChI is InChI=1S/C15H29N2O.HI/c1-14-10-16(8-9-17(3,4)5)11-15(14,2)13-7-6-12(14)18-13;/h12-13H,6-11H2,1-5H3;1H/q+1;/p-1. The van der Waals surface area contributed by atoms with Gasteiger partial charge in [0.1, 0.15) is 0 Å². The molecule has 3 aliphatic rings. The van der Waals surface area contributed by atoms with E-state index in [1.165, 1.54) is 39.0 Å². The number of likely N-dealkylation sites (N-methyl/N-ethyl adjacent to an activating group) is 1. The van der Waals surface area contributed by atoms with Crippen LogP contribution in [0.3, 0.4) is 0 Å². The molecule has 4 unspecified atom stereocenters. The molecule has 3 aliphatic heterocycles. The second-order valence-electron chi connectivity index (χ2n) is 8.25. The van der Waals surface area contributed by atoms with E-state index >= 15 is 0 Å². The van der Waals surface area contributed by atoms with Crippen LogP contribution in [0.4, 0.5) is 0 Å². The van der Waals surface area contributed by atoms with Crippen LogP contribution in [-0.2, 0) is 4.74 Å². The molecular formula is C15H29IN2O. The highest BCUT2D eigenvalue weighted by molar-refractivity contribution is 5.16. The Bertz CT molecular complexity index is 333. The summed E-state index contributed by atoms with van der Waals surface area (Å²) in [6.07, 6.45) is 3.64. The van der Waals surface area contributed by atoms with Crippen LogP contribution >= 0.6 is 0 Å². The van der Waals surface area contributed by atoms with Crippen molar-refractivity contribution < 1.29 is 33.2 Å². The zero-order chi connectivity index (χ0) is 13.2. The van der Waals surface area contributed by atoms with Crippen molar-refractivity contribution in [2.45, 2.75) is 38.9 Å². The third-order valence-electron chi connectivity index (χ3n) is 5.94. The van der Waals surface area contributed by atoms with Crippen molar-refractivity contribution in [2.75, 3.05) is 47.3 Å². The van der Waals surface area contributed by atoms with Crippen LogP contribution < -0.4 is 24.0 Å². The van der Waals surface area contributed by atoms with E-state index in [2.05, 4.69) is 39.9 Å². The summed E-state index contributed by atoms with van der Waals surface area (Å²) in [5.74, 6) is 0. The van der Waals surface area contributed by atoms with Gasteiger partial charge in [0.2, 0.25) is 0 Å². The van der Waals surface area contributed by atoms with Gasteiger partial charge in [-0.1, -0.05) is 13.8 Å². The van der Waals surface area contributed by atoms with Gasteiger partial charge in [0.05, 0.1) is 39.9 Å². The molecule has 3 saturated heterocycles. The minimum Gasteiger partial charge on any atom is -1.00 e. The summed E-state index contributed by atoms with van der Waals surface area (Å²) in [7, 11) is 6.85. The second kappa shape index (κ2) is 4.82. The van der Waals surface area contributed by atoms with E-state index in [0.717, 1.165) is 4.48 Å². The highest BCUT2D eigenvalue weighted by Crippen LogP contribution is 2.62. The number of halogens is 1. The first-order valence-electron chi connectivity index (χ1n) is 7.43. The summed E-state index contributed by atoms with van der Waals surface area (Å²) >= 11 is 0. The lowest BCUT2D eigenvalue weighted by molar-refractivity contribution is -0.869. The number of rotatable bonds is 3. The molecule has 3 nitrogen and oxygen atoms in total. The summed E-state index contributed by atoms with van der Waals surface area (Å²) in [5.41, 5.74) is 0.807. The lowest BCUT2D eigenvalue weighted by Gasteiger charge is -2.40. The molecule has 112 valence electrons. The number of nitrogens with zero attached hydrogens (tertiary/aromatic N) is 2. The van der Waals surface area contributed by atoms with Crippen molar-refractivity contribution >= 4 is 0 Å². The zero-order valence-corrected chi connectivity index (χ0v) is 15.2. The van der Waals surface area contributed by atoms with E-state index in [1.54, 1.807) is 0 Å². The molecule has 0 aromatic carbocycles. The number of hydrogen-bond donors (Lipinski definition) is 0. The molecule has 0 radical (unpaired) electrons. The van der Waals surface area contributed by atoms with E-state index in [1.807, 2.05) is 0 Å². The minimum absolute atomic E-state index is 0. The molecule has 0 spiro atoms. The molecule has 3 rings (SSSR count). The predicted molar refractivity (Wildman–Crippen MR) is 73.4 cm³/mol. The maximum absolute atomic E-state index is 6.21. The van der Waals surface area contributed by atoms with Gasteiger partial charge in [-0.15, -0.1) is 0 Å². The Kier molecular flexibility index (Phi) is 4.05. The Balaban J connectivity index is 0.00000133. The topological polar surface area (TPSA) is 12.5 Å². The average Bonchev–Trinajstić information content (AvgIpc) is 2.84. The molecular weight excluding hydrogens is 351 g/mol. The van der Waals surface area contributed by atoms with Crippen molar-refractivity contribution in [1.82, 2.24) is 4.90 Å². The summed E-state index contributed by atoms with van der Waals surface area (Å²) in [5, 5.41) is 0. The van der Waals surface area contributed by atoms with Crippen LogP contribution in [-0.4, -0.2) is 68.9 Å². The molecule has 0 aromatic rings. The van der Waals surface area contributed by atoms with Crippen molar-refractivity contribution in [3.8, 4) is 0 Å². The summed E-state index contributed by atoms with van der Waals surface area (Å²) in [6, 6.07) is 0. The van der Waals surface area contributed by atoms with Gasteiger partial charge in [-0.3, -0.25) is 4.90 Å². The Morgan fingerprint density at radius 1 is 1.05 bits per heavy atom. The molecule has 0 amide bonds. The van der Waals surface area contributed by atoms with Crippen LogP contribution in [0, 0.1) is 10.8 Å². The number of fused-ring (bicyclic) bond motifs is 5. The SMILES string of the molecule is CC12CN(CC[N+](C)(C)C)CC1(C)C1CCC2O1.[I-]. The summed E-state index contributed by atoms with van der Waals surface area (Å²) in [4.78, 5) is 2.69. The third-order valence-corrected chi connectivity index (χ3v) is 5.94. The van der Waals surface area contributed by atoms with Crippen LogP contribution in [0.15, 0.2) is 0 Å². The smallest absolute Gasteiger partial charge is 0.0909 e. The first kappa shape index (κ1) is 16.0. The quantitative estimate of drug-likeness (QED) is 0.441. The molecule has 2 bridgehead atoms. The fourth-order valence-electron chi connectivity index (χ4n) is 4.46. The Labute approximate surface area is 135 Å². The van der Waals surface area contributed by atoms with Crippen LogP contribution in [0.2, 0.25) is 0 Å². The number of hydrogen-bond acceptors (Lipinski definition) is 2. The normalized spacial score (nSPS) is 45.3. The lowest BCUT2D eigenvalue weighted by Crippen LogP contribution is -3.00. The molecule has 0 aromatic heterocycles. The van der Waals surface area contributed by atoms with Crippen molar-refractivity contribution in [1.29, 1.82) is 0 Å². The number of quaternary nitrogens is 1. The van der Waals surface area contributed by atoms with Crippen LogP contribution in [0.1, 0.15) is 26.7 Å². The van der Waals surface area contributed by atoms with Gasteiger partial charge >= 0.3 is 0 Å². The molecule has 0 N–H and O–H groups in total. The monoisotopic (exact) mass is 380 g/mol. The molecule has 3 heterocycles. The van der Waals surface area contributed by atoms with Gasteiger partial charge in [-0.25, -0.2) is 0 Å². The maximum atomic E-state index is 6.21. The van der Waals surface area contributed by atoms with Gasteiger partial charge in [-0.2, -0.15) is 0 Å². The first-order valence-corrected chi connectivity index (χ1v) is 7.43. The molecule has 0 saturated carbocycles. The highest BCUT2D eigenvalue weighted by Gasteiger charge is 2.67. The van der Waals surface area contributed by atoms with Crippen molar-refractivity contribution in [3.05, 3.63) is 0 Å². The zero-order valence-electron chi connectivity index (χ0n) is 13.1. The molecule has 4 atom stereocenters. The van der Waals surface area contributed by atoms with E-state index in [0.29, 0.717) is 23.0 Å². The van der Waals surface area contributed by atoms with Crippen LogP contribution in [0.5, 0.6) is 0 Å². The van der Waals surface area contributed by atoms with E-state index in [9.17, 15) is 0 Å². The predicted octanol–water partition coefficient (Wildman–Crippen LogP) is -1.41. The van der Waals surface area contributed by atoms with Crippen molar-refractivity contribution in [2.24, 2.45) is 10.8 Å². The van der Waals surface area contributed by atoms with Gasteiger partial charge in [0.25, 0.3) is 0 Å². The summed E-state index contributed by atoms with van der Waals surface area (Å²) < 4.78 is 7.27. The molecule has 0 aliphatic carbocycles. The molecule has 19 heavy (non-hydrogen) atoms. The highest BCUT2D eigenvalue weighted by atomic mass is 127. The second-order valence-corrected chi connectivity index (χ2v) is 8.25. The number of likely N-dealkylation sites (tertiary alicyclic amines) is 1. The van der Waals surface area contributed by atoms with E-state index in [-0.39, 0.29) is 24.0 Å². The Hall–Kier alpha value is 0.610. The number of ether oxygens (including phenoxy) is 1. The van der Waals surface area contributed by atoms with Crippen LogP contribution in [0.25, 0.3) is 0 Å². The summed E-state index contributed by atoms with van der Waals surface area (Å²) in [6.45, 7) is 9.90. The van der Waals surface area contributed by atoms with Gasteiger partial charge in [0.15, 0.2) is 0 Å². The van der Waals surface area contributed by atoms with E-state index < -0.39 is 0 Å². The van der Waals surface area contributed by atoms with E-state index in [4.69, 9.17) is 4.74 Å². The Morgan fingerprint density at radius 3 is 1.95 bits per heavy atom. The van der Waals surface area contributed by atoms with Crippen molar-refractivity contribution in [3.63, 3.8) is 0 Å².